The number of fused-ring (bicyclic) bond motifs is 1. The van der Waals surface area contributed by atoms with Crippen LogP contribution < -0.4 is 10.6 Å². The molecule has 1 aliphatic rings. The number of hydrogen-bond donors (Lipinski definition) is 2. The van der Waals surface area contributed by atoms with Crippen molar-refractivity contribution in [1.29, 1.82) is 0 Å². The molecule has 0 spiro atoms. The quantitative estimate of drug-likeness (QED) is 0.899. The molecule has 3 rings (SSSR count). The van der Waals surface area contributed by atoms with Crippen LogP contribution in [0, 0.1) is 0 Å². The molecule has 1 aromatic carbocycles. The molecule has 2 aromatic rings. The lowest BCUT2D eigenvalue weighted by Crippen LogP contribution is -2.50. The third-order valence-electron chi connectivity index (χ3n) is 3.93. The van der Waals surface area contributed by atoms with Crippen LogP contribution in [0.1, 0.15) is 32.6 Å². The fraction of sp³-hybridized carbons (Fsp3) is 0.467. The van der Waals surface area contributed by atoms with Crippen molar-refractivity contribution in [3.63, 3.8) is 0 Å². The zero-order valence-electron chi connectivity index (χ0n) is 11.9. The van der Waals surface area contributed by atoms with Crippen LogP contribution in [-0.2, 0) is 4.79 Å². The third-order valence-corrected chi connectivity index (χ3v) is 5.09. The largest absolute Gasteiger partial charge is 0.303 e. The Morgan fingerprint density at radius 3 is 3.14 bits per heavy atom. The SMILES string of the molecule is CCCC1(C(=O)Nc2nc3ccc(Cl)cc3s2)CCCN1. The highest BCUT2D eigenvalue weighted by Gasteiger charge is 2.40. The van der Waals surface area contributed by atoms with Gasteiger partial charge in [-0.25, -0.2) is 4.98 Å². The normalized spacial score (nSPS) is 21.8. The molecule has 1 aliphatic heterocycles. The number of hydrogen-bond acceptors (Lipinski definition) is 4. The second-order valence-corrected chi connectivity index (χ2v) is 6.91. The number of carbonyl (C=O) groups is 1. The fourth-order valence-electron chi connectivity index (χ4n) is 2.92. The van der Waals surface area contributed by atoms with Crippen molar-refractivity contribution in [2.45, 2.75) is 38.1 Å². The van der Waals surface area contributed by atoms with Gasteiger partial charge in [-0.1, -0.05) is 36.3 Å². The van der Waals surface area contributed by atoms with Crippen LogP contribution in [0.4, 0.5) is 5.13 Å². The molecule has 0 bridgehead atoms. The van der Waals surface area contributed by atoms with Gasteiger partial charge in [0.05, 0.1) is 15.8 Å². The maximum absolute atomic E-state index is 12.6. The Hall–Kier alpha value is -1.17. The van der Waals surface area contributed by atoms with E-state index in [2.05, 4.69) is 22.5 Å². The molecule has 2 heterocycles. The molecule has 0 radical (unpaired) electrons. The van der Waals surface area contributed by atoms with E-state index in [1.165, 1.54) is 11.3 Å². The minimum Gasteiger partial charge on any atom is -0.303 e. The number of nitrogens with zero attached hydrogens (tertiary/aromatic N) is 1. The van der Waals surface area contributed by atoms with Crippen LogP contribution in [0.15, 0.2) is 18.2 Å². The Morgan fingerprint density at radius 2 is 2.43 bits per heavy atom. The number of carbonyl (C=O) groups excluding carboxylic acids is 1. The molecule has 0 saturated carbocycles. The molecule has 1 fully saturated rings. The molecule has 4 nitrogen and oxygen atoms in total. The first-order chi connectivity index (χ1) is 10.1. The smallest absolute Gasteiger partial charge is 0.246 e. The van der Waals surface area contributed by atoms with Gasteiger partial charge in [0, 0.05) is 5.02 Å². The van der Waals surface area contributed by atoms with Crippen molar-refractivity contribution >= 4 is 44.2 Å². The van der Waals surface area contributed by atoms with Gasteiger partial charge in [-0.15, -0.1) is 0 Å². The summed E-state index contributed by atoms with van der Waals surface area (Å²) in [5, 5.41) is 7.68. The molecular formula is C15H18ClN3OS. The van der Waals surface area contributed by atoms with E-state index < -0.39 is 5.54 Å². The minimum absolute atomic E-state index is 0.0343. The Bertz CT molecular complexity index is 664. The molecule has 2 N–H and O–H groups in total. The van der Waals surface area contributed by atoms with Crippen molar-refractivity contribution in [1.82, 2.24) is 10.3 Å². The van der Waals surface area contributed by atoms with Crippen molar-refractivity contribution in [3.05, 3.63) is 23.2 Å². The first-order valence-electron chi connectivity index (χ1n) is 7.25. The van der Waals surface area contributed by atoms with Gasteiger partial charge < -0.3 is 10.6 Å². The molecule has 112 valence electrons. The van der Waals surface area contributed by atoms with E-state index >= 15 is 0 Å². The number of nitrogens with one attached hydrogen (secondary N) is 2. The summed E-state index contributed by atoms with van der Waals surface area (Å²) >= 11 is 7.44. The van der Waals surface area contributed by atoms with E-state index in [0.29, 0.717) is 10.2 Å². The summed E-state index contributed by atoms with van der Waals surface area (Å²) in [6.07, 6.45) is 3.78. The molecule has 1 amide bonds. The molecular weight excluding hydrogens is 306 g/mol. The van der Waals surface area contributed by atoms with E-state index in [-0.39, 0.29) is 5.91 Å². The van der Waals surface area contributed by atoms with Crippen molar-refractivity contribution in [3.8, 4) is 0 Å². The molecule has 1 unspecified atom stereocenters. The molecule has 6 heteroatoms. The summed E-state index contributed by atoms with van der Waals surface area (Å²) in [6.45, 7) is 3.01. The Balaban J connectivity index is 1.82. The standard InChI is InChI=1S/C15H18ClN3OS/c1-2-6-15(7-3-8-17-15)13(20)19-14-18-11-5-4-10(16)9-12(11)21-14/h4-5,9,17H,2-3,6-8H2,1H3,(H,18,19,20). The second kappa shape index (κ2) is 5.91. The summed E-state index contributed by atoms with van der Waals surface area (Å²) in [5.41, 5.74) is 0.438. The van der Waals surface area contributed by atoms with Crippen LogP contribution in [0.25, 0.3) is 10.2 Å². The monoisotopic (exact) mass is 323 g/mol. The molecule has 1 saturated heterocycles. The van der Waals surface area contributed by atoms with Gasteiger partial charge in [0.1, 0.15) is 0 Å². The highest BCUT2D eigenvalue weighted by Crippen LogP contribution is 2.31. The van der Waals surface area contributed by atoms with Gasteiger partial charge in [-0.2, -0.15) is 0 Å². The maximum atomic E-state index is 12.6. The number of rotatable bonds is 4. The van der Waals surface area contributed by atoms with Gasteiger partial charge in [0.2, 0.25) is 5.91 Å². The predicted octanol–water partition coefficient (Wildman–Crippen LogP) is 3.81. The highest BCUT2D eigenvalue weighted by molar-refractivity contribution is 7.22. The third kappa shape index (κ3) is 2.91. The molecule has 21 heavy (non-hydrogen) atoms. The fourth-order valence-corrected chi connectivity index (χ4v) is 4.06. The lowest BCUT2D eigenvalue weighted by molar-refractivity contribution is -0.122. The van der Waals surface area contributed by atoms with Crippen molar-refractivity contribution in [2.24, 2.45) is 0 Å². The van der Waals surface area contributed by atoms with Crippen LogP contribution in [0.3, 0.4) is 0 Å². The maximum Gasteiger partial charge on any atom is 0.246 e. The number of amides is 1. The van der Waals surface area contributed by atoms with Gasteiger partial charge >= 0.3 is 0 Å². The van der Waals surface area contributed by atoms with Gasteiger partial charge in [-0.05, 0) is 44.0 Å². The highest BCUT2D eigenvalue weighted by atomic mass is 35.5. The number of benzene rings is 1. The average molecular weight is 324 g/mol. The number of aromatic nitrogens is 1. The Labute approximate surface area is 132 Å². The van der Waals surface area contributed by atoms with Crippen molar-refractivity contribution in [2.75, 3.05) is 11.9 Å². The van der Waals surface area contributed by atoms with Crippen LogP contribution >= 0.6 is 22.9 Å². The minimum atomic E-state index is -0.426. The lowest BCUT2D eigenvalue weighted by atomic mass is 9.91. The van der Waals surface area contributed by atoms with Crippen LogP contribution in [-0.4, -0.2) is 23.0 Å². The van der Waals surface area contributed by atoms with E-state index in [1.807, 2.05) is 18.2 Å². The van der Waals surface area contributed by atoms with E-state index in [1.54, 1.807) is 0 Å². The second-order valence-electron chi connectivity index (χ2n) is 5.45. The van der Waals surface area contributed by atoms with E-state index in [0.717, 1.165) is 42.4 Å². The molecule has 1 atom stereocenters. The summed E-state index contributed by atoms with van der Waals surface area (Å²) in [4.78, 5) is 17.1. The molecule has 1 aromatic heterocycles. The van der Waals surface area contributed by atoms with Gasteiger partial charge in [0.25, 0.3) is 0 Å². The average Bonchev–Trinajstić information content (AvgIpc) is 3.06. The van der Waals surface area contributed by atoms with Crippen molar-refractivity contribution < 1.29 is 4.79 Å². The predicted molar refractivity (Wildman–Crippen MR) is 88.1 cm³/mol. The topological polar surface area (TPSA) is 54.0 Å². The lowest BCUT2D eigenvalue weighted by Gasteiger charge is -2.27. The zero-order chi connectivity index (χ0) is 14.9. The van der Waals surface area contributed by atoms with Crippen LogP contribution in [0.5, 0.6) is 0 Å². The summed E-state index contributed by atoms with van der Waals surface area (Å²) in [7, 11) is 0. The summed E-state index contributed by atoms with van der Waals surface area (Å²) < 4.78 is 0.988. The number of thiazole rings is 1. The van der Waals surface area contributed by atoms with E-state index in [9.17, 15) is 4.79 Å². The van der Waals surface area contributed by atoms with E-state index in [4.69, 9.17) is 11.6 Å². The van der Waals surface area contributed by atoms with Gasteiger partial charge in [-0.3, -0.25) is 4.79 Å². The summed E-state index contributed by atoms with van der Waals surface area (Å²) in [6, 6.07) is 5.56. The van der Waals surface area contributed by atoms with Gasteiger partial charge in [0.15, 0.2) is 5.13 Å². The number of halogens is 1. The number of anilines is 1. The first kappa shape index (κ1) is 14.8. The zero-order valence-corrected chi connectivity index (χ0v) is 13.5. The van der Waals surface area contributed by atoms with Crippen LogP contribution in [0.2, 0.25) is 5.02 Å². The Kier molecular flexibility index (Phi) is 4.15. The summed E-state index contributed by atoms with van der Waals surface area (Å²) in [5.74, 6) is 0.0343. The Morgan fingerprint density at radius 1 is 1.57 bits per heavy atom. The first-order valence-corrected chi connectivity index (χ1v) is 8.45. The molecule has 0 aliphatic carbocycles.